The maximum atomic E-state index is 13.6. The summed E-state index contributed by atoms with van der Waals surface area (Å²) in [6, 6.07) is 22.3. The second-order valence-corrected chi connectivity index (χ2v) is 8.69. The molecule has 38 heavy (non-hydrogen) atoms. The summed E-state index contributed by atoms with van der Waals surface area (Å²) in [4.78, 5) is 18.0. The van der Waals surface area contributed by atoms with Crippen LogP contribution in [0.15, 0.2) is 90.4 Å². The number of aromatic nitrogens is 3. The number of nitrogens with one attached hydrogen (secondary N) is 2. The zero-order chi connectivity index (χ0) is 26.5. The number of hydrogen-bond donors (Lipinski definition) is 2. The molecule has 0 spiro atoms. The zero-order valence-electron chi connectivity index (χ0n) is 21.5. The monoisotopic (exact) mass is 511 g/mol. The standard InChI is InChI=1S/C29H29N5O4/c1-4-37-25-16-21(10-15-24(25)38-17-20-8-6-5-7-9-20)27-26(19(2)32-29-30-18-31-34(27)29)28(35)33-22-11-13-23(36-3)14-12-22/h5-16,18,27H,4,17H2,1-3H3,(H,33,35)(H,30,31,32)/t27-/m1/s1. The second-order valence-electron chi connectivity index (χ2n) is 8.69. The van der Waals surface area contributed by atoms with Crippen LogP contribution in [0.3, 0.4) is 0 Å². The van der Waals surface area contributed by atoms with Crippen molar-refractivity contribution in [3.63, 3.8) is 0 Å². The van der Waals surface area contributed by atoms with Crippen molar-refractivity contribution in [1.29, 1.82) is 0 Å². The number of methoxy groups -OCH3 is 1. The van der Waals surface area contributed by atoms with Crippen LogP contribution in [0.5, 0.6) is 17.2 Å². The minimum absolute atomic E-state index is 0.256. The number of ether oxygens (including phenoxy) is 3. The van der Waals surface area contributed by atoms with Crippen molar-refractivity contribution in [2.45, 2.75) is 26.5 Å². The molecule has 0 aliphatic carbocycles. The Morgan fingerprint density at radius 3 is 2.55 bits per heavy atom. The van der Waals surface area contributed by atoms with Crippen molar-refractivity contribution >= 4 is 17.5 Å². The van der Waals surface area contributed by atoms with Crippen molar-refractivity contribution in [1.82, 2.24) is 14.8 Å². The minimum atomic E-state index is -0.533. The lowest BCUT2D eigenvalue weighted by atomic mass is 9.94. The molecule has 2 N–H and O–H groups in total. The third-order valence-corrected chi connectivity index (χ3v) is 6.21. The van der Waals surface area contributed by atoms with E-state index in [1.54, 1.807) is 36.1 Å². The highest BCUT2D eigenvalue weighted by atomic mass is 16.5. The number of anilines is 2. The summed E-state index contributed by atoms with van der Waals surface area (Å²) in [5.74, 6) is 2.22. The first kappa shape index (κ1) is 24.9. The van der Waals surface area contributed by atoms with Crippen LogP contribution < -0.4 is 24.8 Å². The number of carbonyl (C=O) groups is 1. The smallest absolute Gasteiger partial charge is 0.255 e. The predicted molar refractivity (Wildman–Crippen MR) is 144 cm³/mol. The Bertz CT molecular complexity index is 1450. The lowest BCUT2D eigenvalue weighted by Crippen LogP contribution is -2.31. The largest absolute Gasteiger partial charge is 0.497 e. The Balaban J connectivity index is 1.48. The first-order chi connectivity index (χ1) is 18.6. The van der Waals surface area contributed by atoms with Gasteiger partial charge < -0.3 is 24.8 Å². The SMILES string of the molecule is CCOc1cc([C@@H]2C(C(=O)Nc3ccc(OC)cc3)=C(C)Nc3ncnn32)ccc1OCc1ccccc1. The molecule has 0 bridgehead atoms. The highest BCUT2D eigenvalue weighted by Gasteiger charge is 2.34. The van der Waals surface area contributed by atoms with Crippen molar-refractivity contribution in [3.8, 4) is 17.2 Å². The fraction of sp³-hybridized carbons (Fsp3) is 0.207. The summed E-state index contributed by atoms with van der Waals surface area (Å²) in [5, 5.41) is 10.6. The third kappa shape index (κ3) is 5.17. The molecule has 0 unspecified atom stereocenters. The topological polar surface area (TPSA) is 99.5 Å². The first-order valence-corrected chi connectivity index (χ1v) is 12.3. The van der Waals surface area contributed by atoms with Crippen LogP contribution in [0, 0.1) is 0 Å². The van der Waals surface area contributed by atoms with Crippen molar-refractivity contribution in [2.75, 3.05) is 24.4 Å². The number of rotatable bonds is 9. The zero-order valence-corrected chi connectivity index (χ0v) is 21.5. The van der Waals surface area contributed by atoms with Gasteiger partial charge >= 0.3 is 0 Å². The number of amides is 1. The Kier molecular flexibility index (Phi) is 7.26. The van der Waals surface area contributed by atoms with Gasteiger partial charge in [-0.1, -0.05) is 36.4 Å². The van der Waals surface area contributed by atoms with Gasteiger partial charge in [-0.3, -0.25) is 4.79 Å². The van der Waals surface area contributed by atoms with Crippen molar-refractivity contribution < 1.29 is 19.0 Å². The van der Waals surface area contributed by atoms with E-state index in [1.807, 2.05) is 62.4 Å². The summed E-state index contributed by atoms with van der Waals surface area (Å²) in [6.45, 7) is 4.65. The molecule has 0 saturated carbocycles. The third-order valence-electron chi connectivity index (χ3n) is 6.21. The number of allylic oxidation sites excluding steroid dienone is 1. The average molecular weight is 512 g/mol. The molecule has 1 aromatic heterocycles. The molecule has 5 rings (SSSR count). The van der Waals surface area contributed by atoms with E-state index in [4.69, 9.17) is 14.2 Å². The molecule has 3 aromatic carbocycles. The normalized spacial score (nSPS) is 14.3. The van der Waals surface area contributed by atoms with E-state index in [0.717, 1.165) is 11.1 Å². The average Bonchev–Trinajstić information content (AvgIpc) is 3.40. The molecule has 9 heteroatoms. The van der Waals surface area contributed by atoms with E-state index < -0.39 is 6.04 Å². The van der Waals surface area contributed by atoms with Gasteiger partial charge in [0.25, 0.3) is 5.91 Å². The number of carbonyl (C=O) groups excluding carboxylic acids is 1. The Hall–Kier alpha value is -4.79. The molecule has 1 atom stereocenters. The molecule has 0 radical (unpaired) electrons. The second kappa shape index (κ2) is 11.1. The summed E-state index contributed by atoms with van der Waals surface area (Å²) in [5.41, 5.74) is 3.72. The van der Waals surface area contributed by atoms with Gasteiger partial charge in [-0.05, 0) is 61.4 Å². The van der Waals surface area contributed by atoms with E-state index in [-0.39, 0.29) is 5.91 Å². The summed E-state index contributed by atoms with van der Waals surface area (Å²) in [6.07, 6.45) is 1.47. The van der Waals surface area contributed by atoms with Crippen LogP contribution in [0.4, 0.5) is 11.6 Å². The van der Waals surface area contributed by atoms with Gasteiger partial charge in [0.15, 0.2) is 11.5 Å². The molecule has 0 saturated heterocycles. The van der Waals surface area contributed by atoms with E-state index >= 15 is 0 Å². The molecular formula is C29H29N5O4. The quantitative estimate of drug-likeness (QED) is 0.319. The number of fused-ring (bicyclic) bond motifs is 1. The van der Waals surface area contributed by atoms with Crippen LogP contribution >= 0.6 is 0 Å². The molecule has 0 fully saturated rings. The van der Waals surface area contributed by atoms with Gasteiger partial charge in [-0.15, -0.1) is 0 Å². The first-order valence-electron chi connectivity index (χ1n) is 12.3. The van der Waals surface area contributed by atoms with Gasteiger partial charge in [-0.25, -0.2) is 4.68 Å². The molecule has 1 aliphatic heterocycles. The maximum Gasteiger partial charge on any atom is 0.255 e. The molecular weight excluding hydrogens is 482 g/mol. The van der Waals surface area contributed by atoms with Gasteiger partial charge in [-0.2, -0.15) is 10.1 Å². The van der Waals surface area contributed by atoms with Gasteiger partial charge in [0.05, 0.1) is 19.3 Å². The van der Waals surface area contributed by atoms with Crippen LogP contribution in [0.1, 0.15) is 31.0 Å². The number of nitrogens with zero attached hydrogens (tertiary/aromatic N) is 3. The Morgan fingerprint density at radius 1 is 1.03 bits per heavy atom. The highest BCUT2D eigenvalue weighted by molar-refractivity contribution is 6.06. The summed E-state index contributed by atoms with van der Waals surface area (Å²) in [7, 11) is 1.60. The van der Waals surface area contributed by atoms with Gasteiger partial charge in [0.2, 0.25) is 5.95 Å². The lowest BCUT2D eigenvalue weighted by molar-refractivity contribution is -0.113. The fourth-order valence-electron chi connectivity index (χ4n) is 4.38. The molecule has 9 nitrogen and oxygen atoms in total. The van der Waals surface area contributed by atoms with Gasteiger partial charge in [0, 0.05) is 11.4 Å². The maximum absolute atomic E-state index is 13.6. The van der Waals surface area contributed by atoms with E-state index in [1.165, 1.54) is 6.33 Å². The molecule has 2 heterocycles. The van der Waals surface area contributed by atoms with Crippen molar-refractivity contribution in [3.05, 3.63) is 102 Å². The van der Waals surface area contributed by atoms with Crippen LogP contribution in [0.25, 0.3) is 0 Å². The van der Waals surface area contributed by atoms with Crippen LogP contribution in [-0.4, -0.2) is 34.4 Å². The van der Waals surface area contributed by atoms with Gasteiger partial charge in [0.1, 0.15) is 24.7 Å². The molecule has 194 valence electrons. The van der Waals surface area contributed by atoms with E-state index in [0.29, 0.717) is 53.4 Å². The number of benzene rings is 3. The molecule has 4 aromatic rings. The molecule has 1 amide bonds. The minimum Gasteiger partial charge on any atom is -0.497 e. The fourth-order valence-corrected chi connectivity index (χ4v) is 4.38. The number of hydrogen-bond acceptors (Lipinski definition) is 7. The van der Waals surface area contributed by atoms with Crippen LogP contribution in [0.2, 0.25) is 0 Å². The Morgan fingerprint density at radius 2 is 1.82 bits per heavy atom. The van der Waals surface area contributed by atoms with E-state index in [9.17, 15) is 4.79 Å². The highest BCUT2D eigenvalue weighted by Crippen LogP contribution is 2.39. The Labute approximate surface area is 221 Å². The van der Waals surface area contributed by atoms with E-state index in [2.05, 4.69) is 20.7 Å². The lowest BCUT2D eigenvalue weighted by Gasteiger charge is -2.29. The van der Waals surface area contributed by atoms with Crippen molar-refractivity contribution in [2.24, 2.45) is 0 Å². The predicted octanol–water partition coefficient (Wildman–Crippen LogP) is 5.19. The molecule has 1 aliphatic rings. The summed E-state index contributed by atoms with van der Waals surface area (Å²) >= 11 is 0. The summed E-state index contributed by atoms with van der Waals surface area (Å²) < 4.78 is 19.0. The van der Waals surface area contributed by atoms with Crippen LogP contribution in [-0.2, 0) is 11.4 Å².